The molecule has 0 saturated carbocycles. The predicted octanol–water partition coefficient (Wildman–Crippen LogP) is 9.27. The first-order valence-electron chi connectivity index (χ1n) is 20.5. The highest BCUT2D eigenvalue weighted by Gasteiger charge is 2.52. The van der Waals surface area contributed by atoms with Crippen LogP contribution < -0.4 is 20.1 Å². The molecule has 0 aliphatic heterocycles. The van der Waals surface area contributed by atoms with Crippen molar-refractivity contribution in [2.24, 2.45) is 0 Å². The third-order valence-electron chi connectivity index (χ3n) is 9.37. The summed E-state index contributed by atoms with van der Waals surface area (Å²) in [4.78, 5) is 27.1. The molecule has 0 bridgehead atoms. The molecule has 4 aromatic rings. The molecule has 4 rings (SSSR count). The van der Waals surface area contributed by atoms with Gasteiger partial charge in [-0.05, 0) is 84.8 Å². The number of hydrogen-bond acceptors (Lipinski definition) is 8. The van der Waals surface area contributed by atoms with Gasteiger partial charge in [-0.3, -0.25) is 0 Å². The molecule has 0 radical (unpaired) electrons. The summed E-state index contributed by atoms with van der Waals surface area (Å²) >= 11 is 3.76. The van der Waals surface area contributed by atoms with E-state index in [4.69, 9.17) is 28.1 Å². The van der Waals surface area contributed by atoms with Crippen molar-refractivity contribution in [3.63, 3.8) is 0 Å². The number of amides is 2. The molecule has 0 aliphatic carbocycles. The van der Waals surface area contributed by atoms with Crippen molar-refractivity contribution < 1.29 is 37.7 Å². The van der Waals surface area contributed by atoms with E-state index < -0.39 is 26.1 Å². The van der Waals surface area contributed by atoms with Crippen molar-refractivity contribution in [1.82, 2.24) is 10.2 Å². The Bertz CT molecular complexity index is 1780. The maximum Gasteiger partial charge on any atom is 0.410 e. The standard InChI is InChI=1S/C47H63BrN2O8Si/c1-46(2,3)57-44(51)49-27-16-17-29-53-31-33-55-34-32-54-30-18-28-50(45(52)56-37-38-19-10-7-11-20-38)36-39-35-40(25-26-43(39)48)58-59(47(4,5)6,41-21-12-8-13-22-41)42-23-14-9-15-24-42/h7-15,19-26,35H,16-18,27-34,36-37H2,1-6H3,(H,49,51). The van der Waals surface area contributed by atoms with Crippen LogP contribution in [0.1, 0.15) is 71.9 Å². The van der Waals surface area contributed by atoms with E-state index in [0.29, 0.717) is 65.7 Å². The Labute approximate surface area is 361 Å². The average molecular weight is 892 g/mol. The van der Waals surface area contributed by atoms with Crippen LogP contribution >= 0.6 is 15.9 Å². The Morgan fingerprint density at radius 1 is 0.678 bits per heavy atom. The second kappa shape index (κ2) is 24.2. The number of rotatable bonds is 23. The molecule has 4 aromatic carbocycles. The number of hydrogen-bond donors (Lipinski definition) is 1. The van der Waals surface area contributed by atoms with Gasteiger partial charge in [0.2, 0.25) is 0 Å². The van der Waals surface area contributed by atoms with Crippen molar-refractivity contribution >= 4 is 46.8 Å². The lowest BCUT2D eigenvalue weighted by molar-refractivity contribution is 0.0121. The molecule has 320 valence electrons. The number of benzene rings is 4. The Morgan fingerprint density at radius 2 is 1.22 bits per heavy atom. The van der Waals surface area contributed by atoms with Crippen molar-refractivity contribution in [3.8, 4) is 5.75 Å². The first-order chi connectivity index (χ1) is 28.3. The Hall–Kier alpha value is -4.20. The molecule has 0 fully saturated rings. The number of halogens is 1. The number of nitrogens with zero attached hydrogens (tertiary/aromatic N) is 1. The topological polar surface area (TPSA) is 105 Å². The molecule has 1 N–H and O–H groups in total. The van der Waals surface area contributed by atoms with Crippen LogP contribution in [-0.4, -0.2) is 83.7 Å². The van der Waals surface area contributed by atoms with Gasteiger partial charge in [0.05, 0.1) is 33.0 Å². The second-order valence-electron chi connectivity index (χ2n) is 16.3. The summed E-state index contributed by atoms with van der Waals surface area (Å²) in [6.45, 7) is 16.6. The fraction of sp³-hybridized carbons (Fsp3) is 0.447. The minimum atomic E-state index is -2.87. The van der Waals surface area contributed by atoms with Gasteiger partial charge in [-0.25, -0.2) is 9.59 Å². The van der Waals surface area contributed by atoms with Crippen LogP contribution in [0, 0.1) is 0 Å². The third kappa shape index (κ3) is 16.1. The van der Waals surface area contributed by atoms with Gasteiger partial charge in [0.1, 0.15) is 18.0 Å². The highest BCUT2D eigenvalue weighted by atomic mass is 79.9. The van der Waals surface area contributed by atoms with Crippen LogP contribution in [0.2, 0.25) is 5.04 Å². The van der Waals surface area contributed by atoms with Crippen LogP contribution in [0.5, 0.6) is 5.75 Å². The smallest absolute Gasteiger partial charge is 0.410 e. The number of carbonyl (C=O) groups excluding carboxylic acids is 2. The number of nitrogens with one attached hydrogen (secondary N) is 1. The van der Waals surface area contributed by atoms with E-state index in [1.165, 1.54) is 10.4 Å². The normalized spacial score (nSPS) is 11.8. The van der Waals surface area contributed by atoms with Gasteiger partial charge in [-0.15, -0.1) is 0 Å². The summed E-state index contributed by atoms with van der Waals surface area (Å²) in [5.74, 6) is 0.747. The molecule has 12 heteroatoms. The number of carbonyl (C=O) groups is 2. The molecule has 0 unspecified atom stereocenters. The van der Waals surface area contributed by atoms with Gasteiger partial charge in [0, 0.05) is 30.8 Å². The van der Waals surface area contributed by atoms with E-state index in [2.05, 4.69) is 90.5 Å². The zero-order valence-corrected chi connectivity index (χ0v) is 38.3. The number of alkyl carbamates (subject to hydrolysis) is 1. The summed E-state index contributed by atoms with van der Waals surface area (Å²) in [6, 6.07) is 36.8. The number of unbranched alkanes of at least 4 members (excludes halogenated alkanes) is 1. The lowest BCUT2D eigenvalue weighted by atomic mass is 10.2. The SMILES string of the molecule is CC(C)(C)OC(=O)NCCCCOCCOCCOCCCN(Cc1cc(O[Si](c2ccccc2)(c2ccccc2)C(C)(C)C)ccc1Br)C(=O)OCc1ccccc1. The molecule has 59 heavy (non-hydrogen) atoms. The minimum Gasteiger partial charge on any atom is -0.534 e. The quantitative estimate of drug-likeness (QED) is 0.0581. The summed E-state index contributed by atoms with van der Waals surface area (Å²) < 4.78 is 36.4. The molecule has 10 nitrogen and oxygen atoms in total. The highest BCUT2D eigenvalue weighted by molar-refractivity contribution is 9.10. The first kappa shape index (κ1) is 47.5. The Morgan fingerprint density at radius 3 is 1.78 bits per heavy atom. The highest BCUT2D eigenvalue weighted by Crippen LogP contribution is 2.38. The molecular formula is C47H63BrN2O8Si. The minimum absolute atomic E-state index is 0.178. The van der Waals surface area contributed by atoms with Crippen LogP contribution in [0.25, 0.3) is 0 Å². The zero-order chi connectivity index (χ0) is 42.6. The molecule has 0 heterocycles. The maximum atomic E-state index is 13.7. The van der Waals surface area contributed by atoms with Crippen LogP contribution in [0.3, 0.4) is 0 Å². The molecule has 2 amide bonds. The van der Waals surface area contributed by atoms with E-state index in [1.807, 2.05) is 81.4 Å². The second-order valence-corrected chi connectivity index (χ2v) is 21.4. The average Bonchev–Trinajstić information content (AvgIpc) is 3.21. The van der Waals surface area contributed by atoms with Gasteiger partial charge in [0.25, 0.3) is 0 Å². The molecule has 0 saturated heterocycles. The van der Waals surface area contributed by atoms with E-state index in [0.717, 1.165) is 34.2 Å². The first-order valence-corrected chi connectivity index (χ1v) is 23.2. The molecular weight excluding hydrogens is 829 g/mol. The lowest BCUT2D eigenvalue weighted by Crippen LogP contribution is -2.68. The number of ether oxygens (including phenoxy) is 5. The van der Waals surface area contributed by atoms with E-state index >= 15 is 0 Å². The van der Waals surface area contributed by atoms with Gasteiger partial charge in [0.15, 0.2) is 0 Å². The van der Waals surface area contributed by atoms with Gasteiger partial charge >= 0.3 is 20.5 Å². The van der Waals surface area contributed by atoms with Crippen molar-refractivity contribution in [1.29, 1.82) is 0 Å². The summed E-state index contributed by atoms with van der Waals surface area (Å²) in [5, 5.41) is 4.91. The van der Waals surface area contributed by atoms with Gasteiger partial charge < -0.3 is 38.3 Å². The van der Waals surface area contributed by atoms with Crippen molar-refractivity contribution in [2.75, 3.05) is 52.7 Å². The van der Waals surface area contributed by atoms with Gasteiger partial charge in [-0.1, -0.05) is 128 Å². The summed E-state index contributed by atoms with van der Waals surface area (Å²) in [7, 11) is -2.87. The fourth-order valence-electron chi connectivity index (χ4n) is 6.55. The molecule has 0 spiro atoms. The van der Waals surface area contributed by atoms with E-state index in [1.54, 1.807) is 4.90 Å². The van der Waals surface area contributed by atoms with Gasteiger partial charge in [-0.2, -0.15) is 0 Å². The van der Waals surface area contributed by atoms with E-state index in [9.17, 15) is 9.59 Å². The monoisotopic (exact) mass is 890 g/mol. The fourth-order valence-corrected chi connectivity index (χ4v) is 11.3. The Balaban J connectivity index is 1.30. The predicted molar refractivity (Wildman–Crippen MR) is 240 cm³/mol. The zero-order valence-electron chi connectivity index (χ0n) is 35.7. The van der Waals surface area contributed by atoms with E-state index in [-0.39, 0.29) is 11.6 Å². The van der Waals surface area contributed by atoms with Crippen LogP contribution in [0.15, 0.2) is 114 Å². The lowest BCUT2D eigenvalue weighted by Gasteiger charge is -2.43. The van der Waals surface area contributed by atoms with Crippen molar-refractivity contribution in [2.45, 2.75) is 84.6 Å². The molecule has 0 aliphatic rings. The maximum absolute atomic E-state index is 13.7. The van der Waals surface area contributed by atoms with Crippen LogP contribution in [0.4, 0.5) is 9.59 Å². The largest absolute Gasteiger partial charge is 0.534 e. The van der Waals surface area contributed by atoms with Crippen molar-refractivity contribution in [3.05, 3.63) is 125 Å². The Kier molecular flexibility index (Phi) is 19.4. The summed E-state index contributed by atoms with van der Waals surface area (Å²) in [6.07, 6.45) is 1.44. The molecule has 0 atom stereocenters. The summed E-state index contributed by atoms with van der Waals surface area (Å²) in [5.41, 5.74) is 1.32. The third-order valence-corrected chi connectivity index (χ3v) is 15.1. The van der Waals surface area contributed by atoms with Crippen LogP contribution in [-0.2, 0) is 36.8 Å². The molecule has 0 aromatic heterocycles.